The van der Waals surface area contributed by atoms with E-state index in [1.54, 1.807) is 7.05 Å². The maximum Gasteiger partial charge on any atom is 0.329 e. The van der Waals surface area contributed by atoms with E-state index in [-0.39, 0.29) is 11.5 Å². The number of nitrogens with zero attached hydrogens (tertiary/aromatic N) is 4. The summed E-state index contributed by atoms with van der Waals surface area (Å²) in [6, 6.07) is 0. The topological polar surface area (TPSA) is 96.2 Å². The minimum Gasteiger partial charge on any atom is -0.363 e. The first-order valence-corrected chi connectivity index (χ1v) is 6.27. The van der Waals surface area contributed by atoms with E-state index in [1.807, 2.05) is 0 Å². The molecule has 0 atom stereocenters. The fourth-order valence-electron chi connectivity index (χ4n) is 1.63. The second kappa shape index (κ2) is 7.47. The van der Waals surface area contributed by atoms with Gasteiger partial charge >= 0.3 is 5.69 Å². The molecule has 0 bridgehead atoms. The molecule has 0 aromatic carbocycles. The molecule has 0 unspecified atom stereocenters. The SMILES string of the molecule is CCN(CC)CCNc1nc(NC)ncc1[N+](=O)[O-]. The van der Waals surface area contributed by atoms with Crippen LogP contribution in [0.3, 0.4) is 0 Å². The summed E-state index contributed by atoms with van der Waals surface area (Å²) in [6.07, 6.45) is 1.21. The highest BCUT2D eigenvalue weighted by molar-refractivity contribution is 5.56. The van der Waals surface area contributed by atoms with Crippen LogP contribution in [0.25, 0.3) is 0 Å². The highest BCUT2D eigenvalue weighted by Gasteiger charge is 2.16. The van der Waals surface area contributed by atoms with Crippen molar-refractivity contribution >= 4 is 17.5 Å². The van der Waals surface area contributed by atoms with Gasteiger partial charge in [-0.1, -0.05) is 13.8 Å². The lowest BCUT2D eigenvalue weighted by atomic mass is 10.4. The van der Waals surface area contributed by atoms with E-state index in [9.17, 15) is 10.1 Å². The Morgan fingerprint density at radius 3 is 2.63 bits per heavy atom. The first kappa shape index (κ1) is 15.1. The van der Waals surface area contributed by atoms with Gasteiger partial charge in [0.15, 0.2) is 0 Å². The standard InChI is InChI=1S/C11H20N6O2/c1-4-16(5-2)7-6-13-10-9(17(18)19)8-14-11(12-3)15-10/h8H,4-7H2,1-3H3,(H2,12,13,14,15). The van der Waals surface area contributed by atoms with Crippen LogP contribution in [0.4, 0.5) is 17.5 Å². The van der Waals surface area contributed by atoms with Crippen LogP contribution < -0.4 is 10.6 Å². The van der Waals surface area contributed by atoms with Crippen molar-refractivity contribution in [2.45, 2.75) is 13.8 Å². The van der Waals surface area contributed by atoms with Crippen molar-refractivity contribution in [3.8, 4) is 0 Å². The Morgan fingerprint density at radius 1 is 1.42 bits per heavy atom. The summed E-state index contributed by atoms with van der Waals surface area (Å²) in [7, 11) is 1.67. The highest BCUT2D eigenvalue weighted by Crippen LogP contribution is 2.21. The van der Waals surface area contributed by atoms with Crippen LogP contribution >= 0.6 is 0 Å². The number of likely N-dealkylation sites (N-methyl/N-ethyl adjacent to an activating group) is 1. The third kappa shape index (κ3) is 4.32. The van der Waals surface area contributed by atoms with Crippen molar-refractivity contribution in [2.75, 3.05) is 43.9 Å². The number of hydrogen-bond acceptors (Lipinski definition) is 7. The van der Waals surface area contributed by atoms with E-state index in [1.165, 1.54) is 6.20 Å². The van der Waals surface area contributed by atoms with Gasteiger partial charge in [-0.25, -0.2) is 4.98 Å². The number of rotatable bonds is 8. The molecule has 19 heavy (non-hydrogen) atoms. The molecular formula is C11H20N6O2. The Balaban J connectivity index is 2.72. The maximum absolute atomic E-state index is 10.9. The van der Waals surface area contributed by atoms with Crippen LogP contribution in [0.2, 0.25) is 0 Å². The molecule has 0 amide bonds. The monoisotopic (exact) mass is 268 g/mol. The molecule has 1 heterocycles. The highest BCUT2D eigenvalue weighted by atomic mass is 16.6. The van der Waals surface area contributed by atoms with Crippen molar-refractivity contribution in [1.29, 1.82) is 0 Å². The number of anilines is 2. The molecule has 8 heteroatoms. The summed E-state index contributed by atoms with van der Waals surface area (Å²) in [5.74, 6) is 0.604. The van der Waals surface area contributed by atoms with Crippen molar-refractivity contribution in [3.05, 3.63) is 16.3 Å². The van der Waals surface area contributed by atoms with Gasteiger partial charge in [-0.15, -0.1) is 0 Å². The second-order valence-corrected chi connectivity index (χ2v) is 3.89. The van der Waals surface area contributed by atoms with Crippen LogP contribution in [-0.2, 0) is 0 Å². The van der Waals surface area contributed by atoms with Crippen LogP contribution in [0.5, 0.6) is 0 Å². The Hall–Kier alpha value is -1.96. The maximum atomic E-state index is 10.9. The number of nitrogens with one attached hydrogen (secondary N) is 2. The van der Waals surface area contributed by atoms with Gasteiger partial charge in [-0.2, -0.15) is 4.98 Å². The molecule has 0 aliphatic rings. The number of hydrogen-bond donors (Lipinski definition) is 2. The Labute approximate surface area is 112 Å². The molecule has 0 fully saturated rings. The molecule has 106 valence electrons. The predicted octanol–water partition coefficient (Wildman–Crippen LogP) is 1.18. The van der Waals surface area contributed by atoms with Crippen LogP contribution in [0.15, 0.2) is 6.20 Å². The molecule has 0 spiro atoms. The summed E-state index contributed by atoms with van der Waals surface area (Å²) in [5, 5.41) is 16.6. The summed E-state index contributed by atoms with van der Waals surface area (Å²) in [4.78, 5) is 20.5. The molecule has 0 saturated heterocycles. The van der Waals surface area contributed by atoms with E-state index in [0.29, 0.717) is 12.5 Å². The average Bonchev–Trinajstić information content (AvgIpc) is 2.43. The van der Waals surface area contributed by atoms with E-state index in [2.05, 4.69) is 39.3 Å². The zero-order valence-corrected chi connectivity index (χ0v) is 11.5. The van der Waals surface area contributed by atoms with Crippen molar-refractivity contribution < 1.29 is 4.92 Å². The zero-order chi connectivity index (χ0) is 14.3. The van der Waals surface area contributed by atoms with Crippen LogP contribution in [0.1, 0.15) is 13.8 Å². The Bertz CT molecular complexity index is 422. The first-order chi connectivity index (χ1) is 9.12. The van der Waals surface area contributed by atoms with E-state index >= 15 is 0 Å². The lowest BCUT2D eigenvalue weighted by Crippen LogP contribution is -2.29. The molecule has 0 aliphatic heterocycles. The molecule has 0 saturated carbocycles. The predicted molar refractivity (Wildman–Crippen MR) is 74.5 cm³/mol. The van der Waals surface area contributed by atoms with Crippen molar-refractivity contribution in [1.82, 2.24) is 14.9 Å². The number of nitro groups is 1. The minimum atomic E-state index is -0.487. The summed E-state index contributed by atoms with van der Waals surface area (Å²) < 4.78 is 0. The minimum absolute atomic E-state index is 0.112. The molecule has 8 nitrogen and oxygen atoms in total. The molecule has 1 aromatic heterocycles. The van der Waals surface area contributed by atoms with E-state index in [4.69, 9.17) is 0 Å². The lowest BCUT2D eigenvalue weighted by molar-refractivity contribution is -0.384. The van der Waals surface area contributed by atoms with Gasteiger partial charge in [0, 0.05) is 20.1 Å². The van der Waals surface area contributed by atoms with E-state index in [0.717, 1.165) is 19.6 Å². The van der Waals surface area contributed by atoms with Gasteiger partial charge in [0.1, 0.15) is 6.20 Å². The molecule has 1 rings (SSSR count). The van der Waals surface area contributed by atoms with Gasteiger partial charge in [0.25, 0.3) is 0 Å². The van der Waals surface area contributed by atoms with E-state index < -0.39 is 4.92 Å². The average molecular weight is 268 g/mol. The van der Waals surface area contributed by atoms with Gasteiger partial charge < -0.3 is 15.5 Å². The fraction of sp³-hybridized carbons (Fsp3) is 0.636. The summed E-state index contributed by atoms with van der Waals surface area (Å²) >= 11 is 0. The number of aromatic nitrogens is 2. The third-order valence-electron chi connectivity index (χ3n) is 2.80. The van der Waals surface area contributed by atoms with Crippen LogP contribution in [-0.4, -0.2) is 53.0 Å². The largest absolute Gasteiger partial charge is 0.363 e. The van der Waals surface area contributed by atoms with Crippen LogP contribution in [0, 0.1) is 10.1 Å². The van der Waals surface area contributed by atoms with Crippen molar-refractivity contribution in [3.63, 3.8) is 0 Å². The van der Waals surface area contributed by atoms with Gasteiger partial charge in [-0.05, 0) is 13.1 Å². The molecule has 1 aromatic rings. The second-order valence-electron chi connectivity index (χ2n) is 3.89. The van der Waals surface area contributed by atoms with Gasteiger partial charge in [0.05, 0.1) is 4.92 Å². The van der Waals surface area contributed by atoms with Crippen molar-refractivity contribution in [2.24, 2.45) is 0 Å². The molecular weight excluding hydrogens is 248 g/mol. The summed E-state index contributed by atoms with van der Waals surface area (Å²) in [5.41, 5.74) is -0.112. The summed E-state index contributed by atoms with van der Waals surface area (Å²) in [6.45, 7) is 7.47. The zero-order valence-electron chi connectivity index (χ0n) is 11.5. The Morgan fingerprint density at radius 2 is 2.11 bits per heavy atom. The van der Waals surface area contributed by atoms with Gasteiger partial charge in [0.2, 0.25) is 11.8 Å². The quantitative estimate of drug-likeness (QED) is 0.539. The first-order valence-electron chi connectivity index (χ1n) is 6.27. The fourth-order valence-corrected chi connectivity index (χ4v) is 1.63. The van der Waals surface area contributed by atoms with Gasteiger partial charge in [-0.3, -0.25) is 10.1 Å². The molecule has 0 radical (unpaired) electrons. The Kier molecular flexibility index (Phi) is 5.94. The molecule has 2 N–H and O–H groups in total. The normalized spacial score (nSPS) is 10.5. The molecule has 0 aliphatic carbocycles. The third-order valence-corrected chi connectivity index (χ3v) is 2.80. The smallest absolute Gasteiger partial charge is 0.329 e. The lowest BCUT2D eigenvalue weighted by Gasteiger charge is -2.18.